The SMILES string of the molecule is Cc1cnc(NCC2CCCCS2)c(Br)c1. The van der Waals surface area contributed by atoms with E-state index in [4.69, 9.17) is 0 Å². The lowest BCUT2D eigenvalue weighted by Crippen LogP contribution is -2.20. The van der Waals surface area contributed by atoms with E-state index in [1.807, 2.05) is 6.20 Å². The maximum absolute atomic E-state index is 4.39. The largest absolute Gasteiger partial charge is 0.368 e. The highest BCUT2D eigenvalue weighted by atomic mass is 79.9. The van der Waals surface area contributed by atoms with E-state index in [0.717, 1.165) is 22.1 Å². The second-order valence-electron chi connectivity index (χ2n) is 4.21. The summed E-state index contributed by atoms with van der Waals surface area (Å²) in [7, 11) is 0. The number of rotatable bonds is 3. The van der Waals surface area contributed by atoms with Gasteiger partial charge < -0.3 is 5.32 Å². The zero-order valence-electron chi connectivity index (χ0n) is 9.50. The number of pyridine rings is 1. The summed E-state index contributed by atoms with van der Waals surface area (Å²) < 4.78 is 1.06. The Morgan fingerprint density at radius 3 is 3.12 bits per heavy atom. The second-order valence-corrected chi connectivity index (χ2v) is 6.48. The van der Waals surface area contributed by atoms with Gasteiger partial charge in [0.1, 0.15) is 5.82 Å². The zero-order valence-corrected chi connectivity index (χ0v) is 11.9. The summed E-state index contributed by atoms with van der Waals surface area (Å²) in [5, 5.41) is 4.18. The molecule has 0 aromatic carbocycles. The smallest absolute Gasteiger partial charge is 0.140 e. The predicted molar refractivity (Wildman–Crippen MR) is 75.3 cm³/mol. The van der Waals surface area contributed by atoms with Gasteiger partial charge in [0.05, 0.1) is 4.47 Å². The fraction of sp³-hybridized carbons (Fsp3) is 0.583. The number of halogens is 1. The molecule has 1 atom stereocenters. The van der Waals surface area contributed by atoms with Crippen LogP contribution < -0.4 is 5.32 Å². The van der Waals surface area contributed by atoms with Gasteiger partial charge in [0, 0.05) is 18.0 Å². The van der Waals surface area contributed by atoms with Crippen molar-refractivity contribution >= 4 is 33.5 Å². The van der Waals surface area contributed by atoms with Gasteiger partial charge in [-0.3, -0.25) is 0 Å². The third-order valence-corrected chi connectivity index (χ3v) is 4.75. The number of anilines is 1. The summed E-state index contributed by atoms with van der Waals surface area (Å²) in [5.41, 5.74) is 1.18. The van der Waals surface area contributed by atoms with Crippen LogP contribution in [-0.4, -0.2) is 22.5 Å². The van der Waals surface area contributed by atoms with Crippen LogP contribution in [0, 0.1) is 6.92 Å². The third kappa shape index (κ3) is 3.39. The second kappa shape index (κ2) is 5.92. The number of aryl methyl sites for hydroxylation is 1. The number of thioether (sulfide) groups is 1. The molecule has 1 aromatic rings. The molecule has 1 aromatic heterocycles. The van der Waals surface area contributed by atoms with Gasteiger partial charge in [0.2, 0.25) is 0 Å². The number of nitrogens with zero attached hydrogens (tertiary/aromatic N) is 1. The first-order valence-electron chi connectivity index (χ1n) is 5.73. The number of nitrogens with one attached hydrogen (secondary N) is 1. The molecule has 1 saturated heterocycles. The molecule has 1 N–H and O–H groups in total. The van der Waals surface area contributed by atoms with Crippen LogP contribution in [0.1, 0.15) is 24.8 Å². The van der Waals surface area contributed by atoms with Crippen molar-refractivity contribution in [3.63, 3.8) is 0 Å². The average Bonchev–Trinajstić information content (AvgIpc) is 2.29. The van der Waals surface area contributed by atoms with E-state index >= 15 is 0 Å². The maximum Gasteiger partial charge on any atom is 0.140 e. The van der Waals surface area contributed by atoms with Crippen molar-refractivity contribution in [2.75, 3.05) is 17.6 Å². The van der Waals surface area contributed by atoms with Gasteiger partial charge in [-0.05, 0) is 53.1 Å². The Kier molecular flexibility index (Phi) is 4.53. The average molecular weight is 301 g/mol. The highest BCUT2D eigenvalue weighted by Gasteiger charge is 2.14. The molecular formula is C12H17BrN2S. The zero-order chi connectivity index (χ0) is 11.4. The first-order valence-corrected chi connectivity index (χ1v) is 7.57. The van der Waals surface area contributed by atoms with E-state index in [1.54, 1.807) is 0 Å². The molecule has 2 rings (SSSR count). The molecule has 1 unspecified atom stereocenters. The summed E-state index contributed by atoms with van der Waals surface area (Å²) in [5.74, 6) is 2.28. The highest BCUT2D eigenvalue weighted by molar-refractivity contribution is 9.10. The van der Waals surface area contributed by atoms with Crippen molar-refractivity contribution in [3.8, 4) is 0 Å². The number of hydrogen-bond donors (Lipinski definition) is 1. The van der Waals surface area contributed by atoms with Gasteiger partial charge in [-0.2, -0.15) is 11.8 Å². The monoisotopic (exact) mass is 300 g/mol. The van der Waals surface area contributed by atoms with Gasteiger partial charge in [-0.1, -0.05) is 6.42 Å². The molecule has 0 radical (unpaired) electrons. The van der Waals surface area contributed by atoms with Crippen LogP contribution in [0.25, 0.3) is 0 Å². The molecule has 16 heavy (non-hydrogen) atoms. The van der Waals surface area contributed by atoms with E-state index in [2.05, 4.69) is 51.0 Å². The normalized spacial score (nSPS) is 20.8. The molecule has 88 valence electrons. The van der Waals surface area contributed by atoms with Crippen LogP contribution in [0.2, 0.25) is 0 Å². The quantitative estimate of drug-likeness (QED) is 0.918. The van der Waals surface area contributed by atoms with Crippen LogP contribution in [0.3, 0.4) is 0 Å². The highest BCUT2D eigenvalue weighted by Crippen LogP contribution is 2.26. The maximum atomic E-state index is 4.39. The third-order valence-electron chi connectivity index (χ3n) is 2.75. The first kappa shape index (κ1) is 12.2. The molecule has 2 heterocycles. The van der Waals surface area contributed by atoms with Crippen LogP contribution in [0.5, 0.6) is 0 Å². The molecule has 0 amide bonds. The summed E-state index contributed by atoms with van der Waals surface area (Å²) in [4.78, 5) is 4.39. The van der Waals surface area contributed by atoms with Crippen molar-refractivity contribution < 1.29 is 0 Å². The van der Waals surface area contributed by atoms with Gasteiger partial charge in [-0.15, -0.1) is 0 Å². The summed E-state index contributed by atoms with van der Waals surface area (Å²) in [6.45, 7) is 3.08. The minimum atomic E-state index is 0.753. The Balaban J connectivity index is 1.88. The van der Waals surface area contributed by atoms with Gasteiger partial charge in [0.15, 0.2) is 0 Å². The van der Waals surface area contributed by atoms with Crippen LogP contribution in [0.4, 0.5) is 5.82 Å². The number of aromatic nitrogens is 1. The van der Waals surface area contributed by atoms with Crippen molar-refractivity contribution in [3.05, 3.63) is 22.3 Å². The summed E-state index contributed by atoms with van der Waals surface area (Å²) >= 11 is 5.63. The van der Waals surface area contributed by atoms with Gasteiger partial charge in [0.25, 0.3) is 0 Å². The molecule has 4 heteroatoms. The summed E-state index contributed by atoms with van der Waals surface area (Å²) in [6.07, 6.45) is 6.00. The molecule has 0 spiro atoms. The van der Waals surface area contributed by atoms with E-state index in [1.165, 1.54) is 30.6 Å². The molecular weight excluding hydrogens is 284 g/mol. The van der Waals surface area contributed by atoms with Crippen LogP contribution in [0.15, 0.2) is 16.7 Å². The molecule has 2 nitrogen and oxygen atoms in total. The Labute approximate surface area is 110 Å². The van der Waals surface area contributed by atoms with Crippen molar-refractivity contribution in [2.24, 2.45) is 0 Å². The standard InChI is InChI=1S/C12H17BrN2S/c1-9-6-11(13)12(14-7-9)15-8-10-4-2-3-5-16-10/h6-7,10H,2-5,8H2,1H3,(H,14,15). The minimum Gasteiger partial charge on any atom is -0.368 e. The minimum absolute atomic E-state index is 0.753. The topological polar surface area (TPSA) is 24.9 Å². The van der Waals surface area contributed by atoms with Gasteiger partial charge >= 0.3 is 0 Å². The summed E-state index contributed by atoms with van der Waals surface area (Å²) in [6, 6.07) is 2.10. The fourth-order valence-corrected chi connectivity index (χ4v) is 3.68. The molecule has 1 fully saturated rings. The van der Waals surface area contributed by atoms with E-state index in [-0.39, 0.29) is 0 Å². The van der Waals surface area contributed by atoms with Crippen molar-refractivity contribution in [1.82, 2.24) is 4.98 Å². The Hall–Kier alpha value is -0.220. The lowest BCUT2D eigenvalue weighted by Gasteiger charge is -2.21. The Bertz CT molecular complexity index is 351. The van der Waals surface area contributed by atoms with Crippen molar-refractivity contribution in [2.45, 2.75) is 31.4 Å². The van der Waals surface area contributed by atoms with Crippen molar-refractivity contribution in [1.29, 1.82) is 0 Å². The molecule has 1 aliphatic heterocycles. The predicted octanol–water partition coefficient (Wildman–Crippen LogP) is 3.85. The Morgan fingerprint density at radius 1 is 1.56 bits per heavy atom. The molecule has 0 saturated carbocycles. The molecule has 1 aliphatic rings. The van der Waals surface area contributed by atoms with Crippen LogP contribution in [-0.2, 0) is 0 Å². The lowest BCUT2D eigenvalue weighted by atomic mass is 10.2. The van der Waals surface area contributed by atoms with E-state index in [0.29, 0.717) is 0 Å². The first-order chi connectivity index (χ1) is 7.75. The number of hydrogen-bond acceptors (Lipinski definition) is 3. The van der Waals surface area contributed by atoms with E-state index in [9.17, 15) is 0 Å². The molecule has 0 aliphatic carbocycles. The van der Waals surface area contributed by atoms with Crippen LogP contribution >= 0.6 is 27.7 Å². The Morgan fingerprint density at radius 2 is 2.44 bits per heavy atom. The fourth-order valence-electron chi connectivity index (χ4n) is 1.84. The lowest BCUT2D eigenvalue weighted by molar-refractivity contribution is 0.677. The van der Waals surface area contributed by atoms with E-state index < -0.39 is 0 Å². The van der Waals surface area contributed by atoms with Gasteiger partial charge in [-0.25, -0.2) is 4.98 Å². The molecule has 0 bridgehead atoms.